The zero-order valence-corrected chi connectivity index (χ0v) is 25.6. The van der Waals surface area contributed by atoms with E-state index in [1.807, 2.05) is 97.1 Å². The van der Waals surface area contributed by atoms with Crippen LogP contribution in [0.15, 0.2) is 107 Å². The largest absolute Gasteiger partial charge is 0.331 e. The summed E-state index contributed by atoms with van der Waals surface area (Å²) in [7, 11) is 0. The lowest BCUT2D eigenvalue weighted by molar-refractivity contribution is -0.141. The van der Waals surface area contributed by atoms with Crippen LogP contribution in [-0.4, -0.2) is 29.1 Å². The molecule has 0 fully saturated rings. The van der Waals surface area contributed by atoms with Crippen molar-refractivity contribution in [3.63, 3.8) is 0 Å². The van der Waals surface area contributed by atoms with Crippen molar-refractivity contribution >= 4 is 57.9 Å². The van der Waals surface area contributed by atoms with Gasteiger partial charge in [-0.1, -0.05) is 64.9 Å². The third kappa shape index (κ3) is 7.30. The molecule has 0 N–H and O–H groups in total. The van der Waals surface area contributed by atoms with Crippen molar-refractivity contribution < 1.29 is 24.1 Å². The van der Waals surface area contributed by atoms with Crippen LogP contribution in [0.1, 0.15) is 62.0 Å². The molecule has 1 aliphatic carbocycles. The molecular formula is C37H33N3O5. The summed E-state index contributed by atoms with van der Waals surface area (Å²) in [6.45, 7) is 6.14. The molecule has 5 rings (SSSR count). The molecule has 0 heterocycles. The highest BCUT2D eigenvalue weighted by atomic mass is 16.7. The second kappa shape index (κ2) is 13.8. The van der Waals surface area contributed by atoms with Crippen molar-refractivity contribution in [2.24, 2.45) is 10.3 Å². The number of carbonyl (C=O) groups excluding carboxylic acids is 3. The molecule has 8 heteroatoms. The first kappa shape index (κ1) is 30.8. The number of oxime groups is 2. The van der Waals surface area contributed by atoms with Gasteiger partial charge in [-0.2, -0.15) is 0 Å². The predicted octanol–water partition coefficient (Wildman–Crippen LogP) is 6.34. The molecule has 0 aliphatic heterocycles. The third-order valence-electron chi connectivity index (χ3n) is 7.42. The number of rotatable bonds is 9. The first-order valence-electron chi connectivity index (χ1n) is 14.6. The number of anilines is 3. The Morgan fingerprint density at radius 1 is 0.600 bits per heavy atom. The molecule has 0 saturated heterocycles. The van der Waals surface area contributed by atoms with E-state index >= 15 is 0 Å². The highest BCUT2D eigenvalue weighted by Crippen LogP contribution is 2.35. The molecule has 0 spiro atoms. The molecular weight excluding hydrogens is 566 g/mol. The van der Waals surface area contributed by atoms with Gasteiger partial charge in [-0.3, -0.25) is 4.79 Å². The molecule has 0 atom stereocenters. The summed E-state index contributed by atoms with van der Waals surface area (Å²) < 4.78 is 0. The van der Waals surface area contributed by atoms with Crippen molar-refractivity contribution in [3.05, 3.63) is 124 Å². The number of carbonyl (C=O) groups is 3. The lowest BCUT2D eigenvalue weighted by Crippen LogP contribution is -2.31. The maximum absolute atomic E-state index is 13.6. The van der Waals surface area contributed by atoms with Gasteiger partial charge in [-0.05, 0) is 96.8 Å². The summed E-state index contributed by atoms with van der Waals surface area (Å²) in [6, 6.07) is 31.1. The van der Waals surface area contributed by atoms with Gasteiger partial charge in [0, 0.05) is 42.0 Å². The van der Waals surface area contributed by atoms with Gasteiger partial charge in [0.2, 0.25) is 0 Å². The normalized spacial score (nSPS) is 12.9. The third-order valence-corrected chi connectivity index (χ3v) is 7.42. The minimum absolute atomic E-state index is 0.0347. The molecule has 1 aliphatic rings. The Morgan fingerprint density at radius 2 is 1.04 bits per heavy atom. The molecule has 0 amide bonds. The average molecular weight is 600 g/mol. The van der Waals surface area contributed by atoms with E-state index in [2.05, 4.69) is 21.3 Å². The predicted molar refractivity (Wildman–Crippen MR) is 176 cm³/mol. The monoisotopic (exact) mass is 599 g/mol. The van der Waals surface area contributed by atoms with Crippen molar-refractivity contribution in [3.8, 4) is 0 Å². The van der Waals surface area contributed by atoms with E-state index in [9.17, 15) is 14.4 Å². The molecule has 4 aromatic rings. The second-order valence-corrected chi connectivity index (χ2v) is 10.6. The first-order valence-corrected chi connectivity index (χ1v) is 14.6. The van der Waals surface area contributed by atoms with E-state index < -0.39 is 11.9 Å². The maximum Gasteiger partial charge on any atom is 0.331 e. The minimum atomic E-state index is -0.486. The highest BCUT2D eigenvalue weighted by molar-refractivity contribution is 6.24. The molecule has 0 aromatic heterocycles. The fraction of sp³-hybridized carbons (Fsp3) is 0.162. The zero-order valence-electron chi connectivity index (χ0n) is 25.6. The molecule has 0 unspecified atom stereocenters. The van der Waals surface area contributed by atoms with E-state index in [-0.39, 0.29) is 5.78 Å². The number of nitrogens with zero attached hydrogens (tertiary/aromatic N) is 3. The van der Waals surface area contributed by atoms with Crippen molar-refractivity contribution in [2.75, 3.05) is 4.90 Å². The van der Waals surface area contributed by atoms with Crippen LogP contribution in [0.3, 0.4) is 0 Å². The molecule has 4 aromatic carbocycles. The standard InChI is InChI=1S/C37H33N3O5/c1-24(38-44-26(3)41)28-12-18-32(19-13-28)40(33-20-14-29(15-21-33)25(2)39-45-27(4)42)34-22-16-31(17-23-34)37(43)36-11-7-9-30-8-5-6-10-35(30)36/h5-6,8-10,12-23H,7,11H2,1-4H3. The van der Waals surface area contributed by atoms with Gasteiger partial charge in [0.25, 0.3) is 0 Å². The van der Waals surface area contributed by atoms with E-state index in [0.717, 1.165) is 50.6 Å². The van der Waals surface area contributed by atoms with Crippen molar-refractivity contribution in [2.45, 2.75) is 40.5 Å². The van der Waals surface area contributed by atoms with E-state index in [0.29, 0.717) is 23.4 Å². The second-order valence-electron chi connectivity index (χ2n) is 10.6. The van der Waals surface area contributed by atoms with Gasteiger partial charge < -0.3 is 14.6 Å². The zero-order chi connectivity index (χ0) is 31.9. The molecule has 0 saturated carbocycles. The SMILES string of the molecule is CC(=O)ON=C(C)c1ccc(N(c2ccc(C(=O)C3=c4ccccc4=CCC3)cc2)c2ccc(C(C)=NOC(C)=O)cc2)cc1. The quantitative estimate of drug-likeness (QED) is 0.0964. The average Bonchev–Trinajstić information content (AvgIpc) is 3.06. The Hall–Kier alpha value is -5.63. The number of hydrogen-bond acceptors (Lipinski definition) is 8. The molecule has 0 bridgehead atoms. The van der Waals surface area contributed by atoms with Gasteiger partial charge in [0.05, 0.1) is 11.4 Å². The Kier molecular flexibility index (Phi) is 9.43. The number of hydrogen-bond donors (Lipinski definition) is 0. The van der Waals surface area contributed by atoms with Gasteiger partial charge in [-0.15, -0.1) is 0 Å². The molecule has 45 heavy (non-hydrogen) atoms. The number of benzene rings is 4. The minimum Gasteiger partial charge on any atom is -0.318 e. The van der Waals surface area contributed by atoms with Crippen LogP contribution >= 0.6 is 0 Å². The van der Waals surface area contributed by atoms with E-state index in [4.69, 9.17) is 9.68 Å². The van der Waals surface area contributed by atoms with Gasteiger partial charge in [0.1, 0.15) is 0 Å². The van der Waals surface area contributed by atoms with Crippen LogP contribution in [0, 0.1) is 0 Å². The number of ketones is 1. The summed E-state index contributed by atoms with van der Waals surface area (Å²) in [6.07, 6.45) is 3.73. The number of fused-ring (bicyclic) bond motifs is 1. The van der Waals surface area contributed by atoms with Crippen LogP contribution in [0.25, 0.3) is 11.6 Å². The fourth-order valence-electron chi connectivity index (χ4n) is 5.15. The summed E-state index contributed by atoms with van der Waals surface area (Å²) in [5.41, 5.74) is 6.78. The maximum atomic E-state index is 13.6. The summed E-state index contributed by atoms with van der Waals surface area (Å²) in [5.74, 6) is -0.937. The van der Waals surface area contributed by atoms with Gasteiger partial charge in [-0.25, -0.2) is 9.59 Å². The summed E-state index contributed by atoms with van der Waals surface area (Å²) in [5, 5.41) is 9.88. The Labute approximate surface area is 261 Å². The van der Waals surface area contributed by atoms with Crippen LogP contribution < -0.4 is 15.3 Å². The van der Waals surface area contributed by atoms with E-state index in [1.165, 1.54) is 13.8 Å². The van der Waals surface area contributed by atoms with Crippen LogP contribution in [-0.2, 0) is 19.3 Å². The molecule has 8 nitrogen and oxygen atoms in total. The Balaban J connectivity index is 1.51. The van der Waals surface area contributed by atoms with E-state index in [1.54, 1.807) is 13.8 Å². The highest BCUT2D eigenvalue weighted by Gasteiger charge is 2.18. The summed E-state index contributed by atoms with van der Waals surface area (Å²) in [4.78, 5) is 47.7. The Bertz CT molecular complexity index is 1850. The van der Waals surface area contributed by atoms with Gasteiger partial charge >= 0.3 is 11.9 Å². The first-order chi connectivity index (χ1) is 21.7. The van der Waals surface area contributed by atoms with Crippen molar-refractivity contribution in [1.82, 2.24) is 0 Å². The van der Waals surface area contributed by atoms with Crippen LogP contribution in [0.4, 0.5) is 17.1 Å². The lowest BCUT2D eigenvalue weighted by atomic mass is 9.93. The van der Waals surface area contributed by atoms with Crippen molar-refractivity contribution in [1.29, 1.82) is 0 Å². The lowest BCUT2D eigenvalue weighted by Gasteiger charge is -2.26. The van der Waals surface area contributed by atoms with Gasteiger partial charge in [0.15, 0.2) is 5.78 Å². The summed E-state index contributed by atoms with van der Waals surface area (Å²) >= 11 is 0. The fourth-order valence-corrected chi connectivity index (χ4v) is 5.15. The topological polar surface area (TPSA) is 97.6 Å². The molecule has 0 radical (unpaired) electrons. The molecule has 226 valence electrons. The van der Waals surface area contributed by atoms with Crippen LogP contribution in [0.5, 0.6) is 0 Å². The smallest absolute Gasteiger partial charge is 0.318 e. The Morgan fingerprint density at radius 3 is 1.51 bits per heavy atom. The number of Topliss-reactive ketones (excluding diaryl/α,β-unsaturated/α-hetero) is 1. The van der Waals surface area contributed by atoms with Crippen LogP contribution in [0.2, 0.25) is 0 Å².